The molecule has 0 aliphatic carbocycles. The zero-order valence-corrected chi connectivity index (χ0v) is 12.9. The normalized spacial score (nSPS) is 10.5. The Morgan fingerprint density at radius 2 is 1.91 bits per heavy atom. The molecule has 2 aromatic carbocycles. The molecule has 2 rings (SSSR count). The highest BCUT2D eigenvalue weighted by molar-refractivity contribution is 6.30. The third-order valence-electron chi connectivity index (χ3n) is 2.87. The third kappa shape index (κ3) is 3.99. The molecular formula is C16H15ClN2O3. The third-order valence-corrected chi connectivity index (χ3v) is 3.11. The van der Waals surface area contributed by atoms with Crippen LogP contribution in [0, 0.1) is 0 Å². The number of carbonyl (C=O) groups is 1. The van der Waals surface area contributed by atoms with E-state index >= 15 is 0 Å². The molecule has 0 radical (unpaired) electrons. The highest BCUT2D eigenvalue weighted by atomic mass is 35.5. The number of hydrogen-bond acceptors (Lipinski definition) is 4. The fourth-order valence-corrected chi connectivity index (χ4v) is 1.98. The van der Waals surface area contributed by atoms with Crippen LogP contribution in [-0.2, 0) is 0 Å². The van der Waals surface area contributed by atoms with Crippen molar-refractivity contribution in [1.82, 2.24) is 5.43 Å². The van der Waals surface area contributed by atoms with Gasteiger partial charge in [-0.3, -0.25) is 4.79 Å². The second-order valence-corrected chi connectivity index (χ2v) is 4.76. The van der Waals surface area contributed by atoms with Crippen molar-refractivity contribution >= 4 is 23.7 Å². The Morgan fingerprint density at radius 3 is 2.59 bits per heavy atom. The van der Waals surface area contributed by atoms with Crippen molar-refractivity contribution in [3.05, 3.63) is 58.6 Å². The smallest absolute Gasteiger partial charge is 0.271 e. The van der Waals surface area contributed by atoms with Gasteiger partial charge < -0.3 is 9.47 Å². The van der Waals surface area contributed by atoms with Crippen LogP contribution in [-0.4, -0.2) is 26.3 Å². The van der Waals surface area contributed by atoms with Gasteiger partial charge in [-0.05, 0) is 42.0 Å². The maximum absolute atomic E-state index is 11.9. The Kier molecular flexibility index (Phi) is 5.38. The molecule has 0 heterocycles. The molecule has 5 nitrogen and oxygen atoms in total. The number of methoxy groups -OCH3 is 2. The summed E-state index contributed by atoms with van der Waals surface area (Å²) in [6, 6.07) is 12.0. The van der Waals surface area contributed by atoms with Gasteiger partial charge in [0.1, 0.15) is 0 Å². The second-order valence-electron chi connectivity index (χ2n) is 4.32. The lowest BCUT2D eigenvalue weighted by atomic mass is 10.2. The summed E-state index contributed by atoms with van der Waals surface area (Å²) in [5, 5.41) is 4.41. The average Bonchev–Trinajstić information content (AvgIpc) is 2.54. The molecule has 0 atom stereocenters. The second kappa shape index (κ2) is 7.47. The molecule has 0 aliphatic heterocycles. The average molecular weight is 319 g/mol. The van der Waals surface area contributed by atoms with Crippen LogP contribution in [0.25, 0.3) is 0 Å². The van der Waals surface area contributed by atoms with Crippen LogP contribution in [0.15, 0.2) is 47.6 Å². The number of amides is 1. The first-order valence-electron chi connectivity index (χ1n) is 6.45. The molecule has 1 amide bonds. The van der Waals surface area contributed by atoms with Crippen molar-refractivity contribution in [2.24, 2.45) is 5.10 Å². The van der Waals surface area contributed by atoms with Crippen LogP contribution in [0.3, 0.4) is 0 Å². The number of benzene rings is 2. The summed E-state index contributed by atoms with van der Waals surface area (Å²) in [5.74, 6) is 0.884. The molecule has 0 unspecified atom stereocenters. The topological polar surface area (TPSA) is 59.9 Å². The number of hydrogen-bond donors (Lipinski definition) is 1. The number of ether oxygens (including phenoxy) is 2. The number of rotatable bonds is 5. The van der Waals surface area contributed by atoms with E-state index in [0.29, 0.717) is 22.1 Å². The molecule has 0 saturated heterocycles. The van der Waals surface area contributed by atoms with Crippen molar-refractivity contribution in [3.63, 3.8) is 0 Å². The highest BCUT2D eigenvalue weighted by Crippen LogP contribution is 2.26. The van der Waals surface area contributed by atoms with Crippen molar-refractivity contribution in [2.45, 2.75) is 0 Å². The van der Waals surface area contributed by atoms with Crippen molar-refractivity contribution in [1.29, 1.82) is 0 Å². The fourth-order valence-electron chi connectivity index (χ4n) is 1.79. The van der Waals surface area contributed by atoms with Gasteiger partial charge >= 0.3 is 0 Å². The summed E-state index contributed by atoms with van der Waals surface area (Å²) in [6.07, 6.45) is 1.52. The summed E-state index contributed by atoms with van der Waals surface area (Å²) in [7, 11) is 3.12. The van der Waals surface area contributed by atoms with E-state index in [1.54, 1.807) is 56.7 Å². The molecular weight excluding hydrogens is 304 g/mol. The number of nitrogens with zero attached hydrogens (tertiary/aromatic N) is 1. The lowest BCUT2D eigenvalue weighted by Gasteiger charge is -2.07. The van der Waals surface area contributed by atoms with Gasteiger partial charge in [0.25, 0.3) is 5.91 Å². The summed E-state index contributed by atoms with van der Waals surface area (Å²) < 4.78 is 10.3. The Balaban J connectivity index is 2.05. The quantitative estimate of drug-likeness (QED) is 0.680. The molecule has 2 aromatic rings. The van der Waals surface area contributed by atoms with Crippen LogP contribution < -0.4 is 14.9 Å². The molecule has 0 aromatic heterocycles. The van der Waals surface area contributed by atoms with Gasteiger partial charge in [-0.15, -0.1) is 0 Å². The van der Waals surface area contributed by atoms with Gasteiger partial charge in [0, 0.05) is 10.6 Å². The molecule has 1 N–H and O–H groups in total. The number of nitrogens with one attached hydrogen (secondary N) is 1. The maximum atomic E-state index is 11.9. The van der Waals surface area contributed by atoms with Crippen LogP contribution in [0.1, 0.15) is 15.9 Å². The van der Waals surface area contributed by atoms with Crippen LogP contribution in [0.5, 0.6) is 11.5 Å². The van der Waals surface area contributed by atoms with Gasteiger partial charge in [0.05, 0.1) is 20.4 Å². The standard InChI is InChI=1S/C16H15ClN2O3/c1-21-14-7-6-11(8-15(14)22-2)10-18-19-16(20)12-4-3-5-13(17)9-12/h3-10H,1-2H3,(H,19,20)/b18-10-. The van der Waals surface area contributed by atoms with Crippen molar-refractivity contribution in [2.75, 3.05) is 14.2 Å². The molecule has 0 saturated carbocycles. The molecule has 114 valence electrons. The molecule has 0 spiro atoms. The van der Waals surface area contributed by atoms with Crippen LogP contribution >= 0.6 is 11.6 Å². The first kappa shape index (κ1) is 15.9. The Bertz CT molecular complexity index is 702. The van der Waals surface area contributed by atoms with Crippen LogP contribution in [0.2, 0.25) is 5.02 Å². The van der Waals surface area contributed by atoms with Gasteiger partial charge in [-0.25, -0.2) is 5.43 Å². The van der Waals surface area contributed by atoms with Gasteiger partial charge in [-0.1, -0.05) is 17.7 Å². The van der Waals surface area contributed by atoms with E-state index in [0.717, 1.165) is 5.56 Å². The minimum atomic E-state index is -0.334. The van der Waals surface area contributed by atoms with E-state index < -0.39 is 0 Å². The van der Waals surface area contributed by atoms with Gasteiger partial charge in [0.2, 0.25) is 0 Å². The van der Waals surface area contributed by atoms with Crippen molar-refractivity contribution < 1.29 is 14.3 Å². The predicted octanol–water partition coefficient (Wildman–Crippen LogP) is 3.12. The van der Waals surface area contributed by atoms with E-state index in [1.165, 1.54) is 6.21 Å². The van der Waals surface area contributed by atoms with Gasteiger partial charge in [0.15, 0.2) is 11.5 Å². The summed E-state index contributed by atoms with van der Waals surface area (Å²) in [4.78, 5) is 11.9. The van der Waals surface area contributed by atoms with E-state index in [9.17, 15) is 4.79 Å². The first-order valence-corrected chi connectivity index (χ1v) is 6.83. The zero-order valence-electron chi connectivity index (χ0n) is 12.2. The SMILES string of the molecule is COc1ccc(/C=N\NC(=O)c2cccc(Cl)c2)cc1OC. The van der Waals surface area contributed by atoms with E-state index in [2.05, 4.69) is 10.5 Å². The zero-order chi connectivity index (χ0) is 15.9. The Morgan fingerprint density at radius 1 is 1.14 bits per heavy atom. The fraction of sp³-hybridized carbons (Fsp3) is 0.125. The minimum absolute atomic E-state index is 0.334. The minimum Gasteiger partial charge on any atom is -0.493 e. The van der Waals surface area contributed by atoms with Gasteiger partial charge in [-0.2, -0.15) is 5.10 Å². The van der Waals surface area contributed by atoms with Crippen LogP contribution in [0.4, 0.5) is 0 Å². The number of halogens is 1. The Hall–Kier alpha value is -2.53. The largest absolute Gasteiger partial charge is 0.493 e. The molecule has 0 fully saturated rings. The van der Waals surface area contributed by atoms with Crippen molar-refractivity contribution in [3.8, 4) is 11.5 Å². The number of hydrazone groups is 1. The van der Waals surface area contributed by atoms with E-state index in [1.807, 2.05) is 0 Å². The molecule has 6 heteroatoms. The number of carbonyl (C=O) groups excluding carboxylic acids is 1. The summed E-state index contributed by atoms with van der Waals surface area (Å²) in [5.41, 5.74) is 3.65. The molecule has 0 bridgehead atoms. The lowest BCUT2D eigenvalue weighted by Crippen LogP contribution is -2.17. The monoisotopic (exact) mass is 318 g/mol. The van der Waals surface area contributed by atoms with E-state index in [-0.39, 0.29) is 5.91 Å². The molecule has 0 aliphatic rings. The predicted molar refractivity (Wildman–Crippen MR) is 86.1 cm³/mol. The first-order chi connectivity index (χ1) is 10.6. The molecule has 22 heavy (non-hydrogen) atoms. The van der Waals surface area contributed by atoms with E-state index in [4.69, 9.17) is 21.1 Å². The highest BCUT2D eigenvalue weighted by Gasteiger charge is 2.05. The summed E-state index contributed by atoms with van der Waals surface area (Å²) >= 11 is 5.84. The maximum Gasteiger partial charge on any atom is 0.271 e. The Labute approximate surface area is 133 Å². The summed E-state index contributed by atoms with van der Waals surface area (Å²) in [6.45, 7) is 0. The lowest BCUT2D eigenvalue weighted by molar-refractivity contribution is 0.0955.